The van der Waals surface area contributed by atoms with Crippen LogP contribution in [0.3, 0.4) is 0 Å². The van der Waals surface area contributed by atoms with Crippen LogP contribution in [0.5, 0.6) is 11.5 Å². The molecule has 2 aromatic carbocycles. The summed E-state index contributed by atoms with van der Waals surface area (Å²) in [6.45, 7) is 6.31. The van der Waals surface area contributed by atoms with Gasteiger partial charge in [0.15, 0.2) is 11.5 Å². The van der Waals surface area contributed by atoms with Gasteiger partial charge in [-0.15, -0.1) is 0 Å². The van der Waals surface area contributed by atoms with E-state index in [-0.39, 0.29) is 5.91 Å². The first-order valence-corrected chi connectivity index (χ1v) is 10.8. The van der Waals surface area contributed by atoms with Crippen molar-refractivity contribution in [3.05, 3.63) is 65.2 Å². The second-order valence-corrected chi connectivity index (χ2v) is 7.50. The lowest BCUT2D eigenvalue weighted by molar-refractivity contribution is -0.116. The van der Waals surface area contributed by atoms with Crippen molar-refractivity contribution in [3.63, 3.8) is 0 Å². The Labute approximate surface area is 179 Å². The normalized spacial score (nSPS) is 14.6. The Balaban J connectivity index is 1.57. The van der Waals surface area contributed by atoms with E-state index in [1.54, 1.807) is 19.3 Å². The van der Waals surface area contributed by atoms with Crippen LogP contribution in [0.4, 0.5) is 0 Å². The Hall–Kier alpha value is -2.79. The maximum atomic E-state index is 12.4. The summed E-state index contributed by atoms with van der Waals surface area (Å²) in [5.41, 5.74) is 3.35. The van der Waals surface area contributed by atoms with E-state index in [1.807, 2.05) is 31.2 Å². The lowest BCUT2D eigenvalue weighted by Gasteiger charge is -2.27. The molecule has 3 rings (SSSR count). The molecule has 2 aromatic rings. The molecular formula is C25H32N2O3. The average molecular weight is 409 g/mol. The Kier molecular flexibility index (Phi) is 8.33. The highest BCUT2D eigenvalue weighted by Gasteiger charge is 2.12. The van der Waals surface area contributed by atoms with Crippen LogP contribution in [0.2, 0.25) is 0 Å². The molecule has 1 aliphatic heterocycles. The second kappa shape index (κ2) is 11.4. The predicted octanol–water partition coefficient (Wildman–Crippen LogP) is 4.41. The zero-order valence-electron chi connectivity index (χ0n) is 18.0. The van der Waals surface area contributed by atoms with Gasteiger partial charge >= 0.3 is 0 Å². The van der Waals surface area contributed by atoms with Gasteiger partial charge in [0, 0.05) is 19.2 Å². The standard InChI is InChI=1S/C25H32N2O3/c1-3-30-23-13-11-20(17-24(23)29-2)12-14-25(28)26-18-21-9-5-6-10-22(21)19-27-15-7-4-8-16-27/h5-6,9-14,17H,3-4,7-8,15-16,18-19H2,1-2H3,(H,26,28)/b14-12+. The van der Waals surface area contributed by atoms with E-state index < -0.39 is 0 Å². The number of carbonyl (C=O) groups is 1. The molecule has 1 fully saturated rings. The van der Waals surface area contributed by atoms with Crippen LogP contribution in [-0.2, 0) is 17.9 Å². The number of nitrogens with one attached hydrogen (secondary N) is 1. The van der Waals surface area contributed by atoms with Crippen molar-refractivity contribution in [2.24, 2.45) is 0 Å². The van der Waals surface area contributed by atoms with Crippen LogP contribution in [0.15, 0.2) is 48.5 Å². The summed E-state index contributed by atoms with van der Waals surface area (Å²) < 4.78 is 10.9. The van der Waals surface area contributed by atoms with Gasteiger partial charge in [0.25, 0.3) is 0 Å². The summed E-state index contributed by atoms with van der Waals surface area (Å²) in [7, 11) is 1.61. The monoisotopic (exact) mass is 408 g/mol. The molecule has 0 aromatic heterocycles. The highest BCUT2D eigenvalue weighted by Crippen LogP contribution is 2.28. The third-order valence-corrected chi connectivity index (χ3v) is 5.33. The van der Waals surface area contributed by atoms with Crippen molar-refractivity contribution in [1.29, 1.82) is 0 Å². The third kappa shape index (κ3) is 6.36. The molecule has 0 saturated carbocycles. The van der Waals surface area contributed by atoms with Crippen LogP contribution < -0.4 is 14.8 Å². The number of piperidine rings is 1. The minimum Gasteiger partial charge on any atom is -0.493 e. The third-order valence-electron chi connectivity index (χ3n) is 5.33. The van der Waals surface area contributed by atoms with Gasteiger partial charge in [-0.05, 0) is 67.8 Å². The van der Waals surface area contributed by atoms with Gasteiger partial charge < -0.3 is 14.8 Å². The lowest BCUT2D eigenvalue weighted by Crippen LogP contribution is -2.30. The van der Waals surface area contributed by atoms with Crippen LogP contribution >= 0.6 is 0 Å². The zero-order chi connectivity index (χ0) is 21.2. The van der Waals surface area contributed by atoms with E-state index in [9.17, 15) is 4.79 Å². The number of likely N-dealkylation sites (tertiary alicyclic amines) is 1. The molecule has 0 aliphatic carbocycles. The van der Waals surface area contributed by atoms with Crippen molar-refractivity contribution in [1.82, 2.24) is 10.2 Å². The van der Waals surface area contributed by atoms with Crippen molar-refractivity contribution < 1.29 is 14.3 Å². The summed E-state index contributed by atoms with van der Waals surface area (Å²) in [5.74, 6) is 1.24. The highest BCUT2D eigenvalue weighted by atomic mass is 16.5. The SMILES string of the molecule is CCOc1ccc(/C=C/C(=O)NCc2ccccc2CN2CCCCC2)cc1OC. The Morgan fingerprint density at radius 3 is 2.57 bits per heavy atom. The largest absolute Gasteiger partial charge is 0.493 e. The molecule has 0 spiro atoms. The number of methoxy groups -OCH3 is 1. The molecule has 1 amide bonds. The van der Waals surface area contributed by atoms with E-state index in [1.165, 1.54) is 30.4 Å². The Morgan fingerprint density at radius 2 is 1.83 bits per heavy atom. The summed E-state index contributed by atoms with van der Waals surface area (Å²) in [6, 6.07) is 14.0. The lowest BCUT2D eigenvalue weighted by atomic mass is 10.0. The van der Waals surface area contributed by atoms with Crippen molar-refractivity contribution in [3.8, 4) is 11.5 Å². The molecule has 5 nitrogen and oxygen atoms in total. The molecule has 1 heterocycles. The van der Waals surface area contributed by atoms with Gasteiger partial charge in [-0.25, -0.2) is 0 Å². The summed E-state index contributed by atoms with van der Waals surface area (Å²) in [6.07, 6.45) is 7.23. The number of amides is 1. The fourth-order valence-electron chi connectivity index (χ4n) is 3.72. The van der Waals surface area contributed by atoms with Gasteiger partial charge in [-0.1, -0.05) is 36.8 Å². The first-order chi connectivity index (χ1) is 14.7. The van der Waals surface area contributed by atoms with Crippen LogP contribution in [0, 0.1) is 0 Å². The highest BCUT2D eigenvalue weighted by molar-refractivity contribution is 5.91. The van der Waals surface area contributed by atoms with E-state index in [0.29, 0.717) is 24.7 Å². The van der Waals surface area contributed by atoms with Gasteiger partial charge in [0.1, 0.15) is 0 Å². The van der Waals surface area contributed by atoms with Crippen molar-refractivity contribution in [2.75, 3.05) is 26.8 Å². The molecule has 1 N–H and O–H groups in total. The predicted molar refractivity (Wildman–Crippen MR) is 121 cm³/mol. The van der Waals surface area contributed by atoms with E-state index in [4.69, 9.17) is 9.47 Å². The molecule has 5 heteroatoms. The smallest absolute Gasteiger partial charge is 0.244 e. The maximum absolute atomic E-state index is 12.4. The molecule has 0 radical (unpaired) electrons. The van der Waals surface area contributed by atoms with Crippen LogP contribution in [0.1, 0.15) is 42.9 Å². The summed E-state index contributed by atoms with van der Waals surface area (Å²) >= 11 is 0. The van der Waals surface area contributed by atoms with Gasteiger partial charge in [0.05, 0.1) is 13.7 Å². The molecule has 1 aliphatic rings. The molecule has 1 saturated heterocycles. The quantitative estimate of drug-likeness (QED) is 0.625. The minimum absolute atomic E-state index is 0.115. The summed E-state index contributed by atoms with van der Waals surface area (Å²) in [4.78, 5) is 14.9. The minimum atomic E-state index is -0.115. The first kappa shape index (κ1) is 21.9. The molecule has 0 unspecified atom stereocenters. The Morgan fingerprint density at radius 1 is 1.07 bits per heavy atom. The van der Waals surface area contributed by atoms with Crippen molar-refractivity contribution >= 4 is 12.0 Å². The van der Waals surface area contributed by atoms with Gasteiger partial charge in [-0.2, -0.15) is 0 Å². The van der Waals surface area contributed by atoms with Crippen molar-refractivity contribution in [2.45, 2.75) is 39.3 Å². The van der Waals surface area contributed by atoms with E-state index in [0.717, 1.165) is 25.2 Å². The maximum Gasteiger partial charge on any atom is 0.244 e. The average Bonchev–Trinajstić information content (AvgIpc) is 2.78. The summed E-state index contributed by atoms with van der Waals surface area (Å²) in [5, 5.41) is 3.01. The zero-order valence-corrected chi connectivity index (χ0v) is 18.0. The molecule has 160 valence electrons. The number of nitrogens with zero attached hydrogens (tertiary/aromatic N) is 1. The van der Waals surface area contributed by atoms with Crippen LogP contribution in [0.25, 0.3) is 6.08 Å². The number of carbonyl (C=O) groups excluding carboxylic acids is 1. The fourth-order valence-corrected chi connectivity index (χ4v) is 3.72. The topological polar surface area (TPSA) is 50.8 Å². The van der Waals surface area contributed by atoms with Gasteiger partial charge in [0.2, 0.25) is 5.91 Å². The van der Waals surface area contributed by atoms with Gasteiger partial charge in [-0.3, -0.25) is 9.69 Å². The number of hydrogen-bond acceptors (Lipinski definition) is 4. The number of benzene rings is 2. The Bertz CT molecular complexity index is 857. The molecule has 0 atom stereocenters. The number of rotatable bonds is 9. The number of ether oxygens (including phenoxy) is 2. The second-order valence-electron chi connectivity index (χ2n) is 7.50. The molecular weight excluding hydrogens is 376 g/mol. The molecule has 30 heavy (non-hydrogen) atoms. The number of hydrogen-bond donors (Lipinski definition) is 1. The van der Waals surface area contributed by atoms with E-state index >= 15 is 0 Å². The fraction of sp³-hybridized carbons (Fsp3) is 0.400. The van der Waals surface area contributed by atoms with Crippen LogP contribution in [-0.4, -0.2) is 37.6 Å². The van der Waals surface area contributed by atoms with E-state index in [2.05, 4.69) is 28.4 Å². The first-order valence-electron chi connectivity index (χ1n) is 10.8. The molecule has 0 bridgehead atoms.